The second kappa shape index (κ2) is 7.46. The van der Waals surface area contributed by atoms with E-state index in [0.29, 0.717) is 29.0 Å². The first-order valence-electron chi connectivity index (χ1n) is 9.28. The lowest BCUT2D eigenvalue weighted by Gasteiger charge is -2.24. The standard InChI is InChI=1S/C21H19FN4O3/c1-12-24-16-7-3-6-15(23-11-13-4-2-5-14(22)10-13)19(16)21(29)26(12)17-8-9-18(27)25-20(17)28/h2-7,10,17,23H,8-9,11H2,1H3,(H,25,27,28). The molecule has 0 bridgehead atoms. The minimum absolute atomic E-state index is 0.166. The minimum Gasteiger partial charge on any atom is -0.380 e. The van der Waals surface area contributed by atoms with E-state index in [1.54, 1.807) is 37.3 Å². The molecule has 7 nitrogen and oxygen atoms in total. The van der Waals surface area contributed by atoms with Crippen molar-refractivity contribution in [2.24, 2.45) is 0 Å². The molecule has 0 spiro atoms. The van der Waals surface area contributed by atoms with Gasteiger partial charge in [-0.25, -0.2) is 9.37 Å². The summed E-state index contributed by atoms with van der Waals surface area (Å²) in [5, 5.41) is 5.79. The lowest BCUT2D eigenvalue weighted by molar-refractivity contribution is -0.135. The maximum atomic E-state index is 13.4. The van der Waals surface area contributed by atoms with E-state index >= 15 is 0 Å². The molecule has 1 atom stereocenters. The Morgan fingerprint density at radius 1 is 1.21 bits per heavy atom. The molecule has 1 aliphatic heterocycles. The number of aromatic nitrogens is 2. The number of carbonyl (C=O) groups excluding carboxylic acids is 2. The van der Waals surface area contributed by atoms with Crippen LogP contribution >= 0.6 is 0 Å². The van der Waals surface area contributed by atoms with Crippen LogP contribution < -0.4 is 16.2 Å². The van der Waals surface area contributed by atoms with E-state index in [0.717, 1.165) is 5.56 Å². The van der Waals surface area contributed by atoms with Crippen LogP contribution in [0.4, 0.5) is 10.1 Å². The molecular formula is C21H19FN4O3. The van der Waals surface area contributed by atoms with Crippen LogP contribution in [-0.4, -0.2) is 21.4 Å². The van der Waals surface area contributed by atoms with E-state index < -0.39 is 11.9 Å². The number of halogens is 1. The van der Waals surface area contributed by atoms with E-state index in [-0.39, 0.29) is 30.1 Å². The molecule has 1 saturated heterocycles. The number of piperidine rings is 1. The summed E-state index contributed by atoms with van der Waals surface area (Å²) < 4.78 is 14.8. The number of hydrogen-bond acceptors (Lipinski definition) is 5. The van der Waals surface area contributed by atoms with Crippen molar-refractivity contribution in [2.75, 3.05) is 5.32 Å². The van der Waals surface area contributed by atoms with Crippen LogP contribution in [0.5, 0.6) is 0 Å². The van der Waals surface area contributed by atoms with Gasteiger partial charge in [0.15, 0.2) is 0 Å². The molecule has 1 fully saturated rings. The zero-order valence-corrected chi connectivity index (χ0v) is 15.7. The number of nitrogens with one attached hydrogen (secondary N) is 2. The number of hydrogen-bond donors (Lipinski definition) is 2. The largest absolute Gasteiger partial charge is 0.380 e. The fourth-order valence-electron chi connectivity index (χ4n) is 3.64. The normalized spacial score (nSPS) is 16.7. The van der Waals surface area contributed by atoms with Gasteiger partial charge in [0.25, 0.3) is 5.56 Å². The number of carbonyl (C=O) groups is 2. The van der Waals surface area contributed by atoms with Crippen molar-refractivity contribution in [1.82, 2.24) is 14.9 Å². The molecule has 2 N–H and O–H groups in total. The lowest BCUT2D eigenvalue weighted by Crippen LogP contribution is -2.45. The van der Waals surface area contributed by atoms with Crippen molar-refractivity contribution in [3.63, 3.8) is 0 Å². The average Bonchev–Trinajstić information content (AvgIpc) is 2.67. The summed E-state index contributed by atoms with van der Waals surface area (Å²) in [6.45, 7) is 1.99. The molecule has 2 aromatic carbocycles. The van der Waals surface area contributed by atoms with Gasteiger partial charge in [0, 0.05) is 18.7 Å². The molecule has 29 heavy (non-hydrogen) atoms. The molecule has 2 heterocycles. The topological polar surface area (TPSA) is 93.1 Å². The number of anilines is 1. The molecule has 1 aliphatic rings. The Hall–Kier alpha value is -3.55. The van der Waals surface area contributed by atoms with Crippen molar-refractivity contribution >= 4 is 28.4 Å². The maximum Gasteiger partial charge on any atom is 0.264 e. The summed E-state index contributed by atoms with van der Waals surface area (Å²) in [5.74, 6) is -0.778. The highest BCUT2D eigenvalue weighted by Crippen LogP contribution is 2.23. The van der Waals surface area contributed by atoms with E-state index in [4.69, 9.17) is 0 Å². The Morgan fingerprint density at radius 3 is 2.76 bits per heavy atom. The third kappa shape index (κ3) is 3.61. The monoisotopic (exact) mass is 394 g/mol. The predicted molar refractivity (Wildman–Crippen MR) is 106 cm³/mol. The molecule has 3 aromatic rings. The lowest BCUT2D eigenvalue weighted by atomic mass is 10.1. The van der Waals surface area contributed by atoms with Crippen LogP contribution in [0.3, 0.4) is 0 Å². The second-order valence-electron chi connectivity index (χ2n) is 6.98. The van der Waals surface area contributed by atoms with Gasteiger partial charge in [-0.1, -0.05) is 18.2 Å². The highest BCUT2D eigenvalue weighted by molar-refractivity contribution is 5.99. The number of nitrogens with zero attached hydrogens (tertiary/aromatic N) is 2. The molecule has 1 aromatic heterocycles. The fourth-order valence-corrected chi connectivity index (χ4v) is 3.64. The first-order valence-corrected chi connectivity index (χ1v) is 9.28. The Bertz CT molecular complexity index is 1190. The Kier molecular flexibility index (Phi) is 4.84. The Labute approximate surface area is 165 Å². The quantitative estimate of drug-likeness (QED) is 0.663. The van der Waals surface area contributed by atoms with Crippen molar-refractivity contribution < 1.29 is 14.0 Å². The highest BCUT2D eigenvalue weighted by Gasteiger charge is 2.30. The fraction of sp³-hybridized carbons (Fsp3) is 0.238. The average molecular weight is 394 g/mol. The molecule has 0 saturated carbocycles. The van der Waals surface area contributed by atoms with Crippen LogP contribution in [-0.2, 0) is 16.1 Å². The Balaban J connectivity index is 1.76. The molecule has 2 amide bonds. The van der Waals surface area contributed by atoms with Gasteiger partial charge >= 0.3 is 0 Å². The smallest absolute Gasteiger partial charge is 0.264 e. The van der Waals surface area contributed by atoms with Crippen LogP contribution in [0.15, 0.2) is 47.3 Å². The minimum atomic E-state index is -0.784. The number of amides is 2. The first-order chi connectivity index (χ1) is 13.9. The summed E-state index contributed by atoms with van der Waals surface area (Å²) >= 11 is 0. The van der Waals surface area contributed by atoms with Crippen molar-refractivity contribution in [2.45, 2.75) is 32.4 Å². The van der Waals surface area contributed by atoms with Crippen molar-refractivity contribution in [3.8, 4) is 0 Å². The van der Waals surface area contributed by atoms with Crippen molar-refractivity contribution in [1.29, 1.82) is 0 Å². The molecule has 4 rings (SSSR count). The summed E-state index contributed by atoms with van der Waals surface area (Å²) in [6.07, 6.45) is 0.414. The number of aryl methyl sites for hydroxylation is 1. The SMILES string of the molecule is Cc1nc2cccc(NCc3cccc(F)c3)c2c(=O)n1C1CCC(=O)NC1=O. The van der Waals surface area contributed by atoms with Gasteiger partial charge in [0.2, 0.25) is 11.8 Å². The third-order valence-corrected chi connectivity index (χ3v) is 5.00. The number of imide groups is 1. The van der Waals surface area contributed by atoms with Gasteiger partial charge in [-0.3, -0.25) is 24.3 Å². The van der Waals surface area contributed by atoms with E-state index in [2.05, 4.69) is 15.6 Å². The first kappa shape index (κ1) is 18.8. The van der Waals surface area contributed by atoms with Crippen LogP contribution in [0, 0.1) is 12.7 Å². The summed E-state index contributed by atoms with van der Waals surface area (Å²) in [7, 11) is 0. The zero-order chi connectivity index (χ0) is 20.5. The number of rotatable bonds is 4. The third-order valence-electron chi connectivity index (χ3n) is 5.00. The molecular weight excluding hydrogens is 375 g/mol. The van der Waals surface area contributed by atoms with E-state index in [1.807, 2.05) is 0 Å². The molecule has 8 heteroatoms. The van der Waals surface area contributed by atoms with E-state index in [1.165, 1.54) is 16.7 Å². The second-order valence-corrected chi connectivity index (χ2v) is 6.98. The summed E-state index contributed by atoms with van der Waals surface area (Å²) in [5.41, 5.74) is 1.42. The molecule has 0 radical (unpaired) electrons. The molecule has 0 aliphatic carbocycles. The van der Waals surface area contributed by atoms with Crippen LogP contribution in [0.25, 0.3) is 10.9 Å². The van der Waals surface area contributed by atoms with Crippen LogP contribution in [0.2, 0.25) is 0 Å². The number of fused-ring (bicyclic) bond motifs is 1. The summed E-state index contributed by atoms with van der Waals surface area (Å²) in [6, 6.07) is 10.7. The predicted octanol–water partition coefficient (Wildman–Crippen LogP) is 2.43. The van der Waals surface area contributed by atoms with E-state index in [9.17, 15) is 18.8 Å². The van der Waals surface area contributed by atoms with Gasteiger partial charge in [-0.2, -0.15) is 0 Å². The van der Waals surface area contributed by atoms with Crippen molar-refractivity contribution in [3.05, 3.63) is 70.0 Å². The highest BCUT2D eigenvalue weighted by atomic mass is 19.1. The summed E-state index contributed by atoms with van der Waals surface area (Å²) in [4.78, 5) is 41.6. The van der Waals surface area contributed by atoms with Gasteiger partial charge in [-0.05, 0) is 43.2 Å². The van der Waals surface area contributed by atoms with Crippen LogP contribution in [0.1, 0.15) is 30.3 Å². The van der Waals surface area contributed by atoms with Gasteiger partial charge in [0.05, 0.1) is 10.9 Å². The maximum absolute atomic E-state index is 13.4. The molecule has 148 valence electrons. The van der Waals surface area contributed by atoms with Gasteiger partial charge in [0.1, 0.15) is 17.7 Å². The number of benzene rings is 2. The van der Waals surface area contributed by atoms with Gasteiger partial charge < -0.3 is 5.32 Å². The van der Waals surface area contributed by atoms with Gasteiger partial charge in [-0.15, -0.1) is 0 Å². The Morgan fingerprint density at radius 2 is 2.00 bits per heavy atom. The zero-order valence-electron chi connectivity index (χ0n) is 15.7. The molecule has 1 unspecified atom stereocenters.